The molecule has 6 rings (SSSR count). The molecule has 42 heavy (non-hydrogen) atoms. The van der Waals surface area contributed by atoms with E-state index in [9.17, 15) is 9.59 Å². The molecule has 5 aromatic rings. The second-order valence-corrected chi connectivity index (χ2v) is 12.0. The van der Waals surface area contributed by atoms with Gasteiger partial charge in [0, 0.05) is 26.3 Å². The average Bonchev–Trinajstić information content (AvgIpc) is 3.64. The van der Waals surface area contributed by atoms with Gasteiger partial charge in [0.05, 0.1) is 30.0 Å². The summed E-state index contributed by atoms with van der Waals surface area (Å²) in [5, 5.41) is 0. The molecule has 0 radical (unpaired) electrons. The van der Waals surface area contributed by atoms with Crippen LogP contribution in [0.1, 0.15) is 60.7 Å². The fourth-order valence-corrected chi connectivity index (χ4v) is 5.70. The molecule has 0 spiro atoms. The predicted octanol–water partition coefficient (Wildman–Crippen LogP) is 4.91. The molecule has 1 aliphatic heterocycles. The maximum absolute atomic E-state index is 14.0. The van der Waals surface area contributed by atoms with Gasteiger partial charge in [0.2, 0.25) is 0 Å². The monoisotopic (exact) mass is 564 g/mol. The lowest BCUT2D eigenvalue weighted by atomic mass is 10.0. The molecule has 0 saturated carbocycles. The number of carbonyl (C=O) groups excluding carboxylic acids is 1. The van der Waals surface area contributed by atoms with E-state index in [1.807, 2.05) is 74.9 Å². The maximum Gasteiger partial charge on any atom is 0.357 e. The zero-order chi connectivity index (χ0) is 29.4. The summed E-state index contributed by atoms with van der Waals surface area (Å²) in [6, 6.07) is 22.4. The summed E-state index contributed by atoms with van der Waals surface area (Å²) in [6.07, 6.45) is 4.97. The van der Waals surface area contributed by atoms with Crippen LogP contribution < -0.4 is 5.69 Å². The van der Waals surface area contributed by atoms with E-state index in [0.717, 1.165) is 36.4 Å². The minimum Gasteiger partial charge on any atom is -0.455 e. The molecule has 2 aromatic carbocycles. The van der Waals surface area contributed by atoms with Gasteiger partial charge in [-0.2, -0.15) is 0 Å². The first-order valence-electron chi connectivity index (χ1n) is 14.4. The molecule has 1 unspecified atom stereocenters. The summed E-state index contributed by atoms with van der Waals surface area (Å²) in [4.78, 5) is 38.0. The second-order valence-electron chi connectivity index (χ2n) is 12.0. The molecule has 9 nitrogen and oxygen atoms in total. The molecule has 1 saturated heterocycles. The topological polar surface area (TPSA) is 87.2 Å². The fourth-order valence-electron chi connectivity index (χ4n) is 5.70. The van der Waals surface area contributed by atoms with Crippen molar-refractivity contribution in [3.05, 3.63) is 112 Å². The Morgan fingerprint density at radius 1 is 0.976 bits per heavy atom. The Labute approximate surface area is 245 Å². The Hall–Kier alpha value is -4.50. The van der Waals surface area contributed by atoms with Gasteiger partial charge in [0.25, 0.3) is 0 Å². The van der Waals surface area contributed by atoms with Crippen LogP contribution in [0.25, 0.3) is 16.9 Å². The third-order valence-corrected chi connectivity index (χ3v) is 7.75. The largest absolute Gasteiger partial charge is 0.455 e. The van der Waals surface area contributed by atoms with Gasteiger partial charge >= 0.3 is 11.7 Å². The van der Waals surface area contributed by atoms with Crippen LogP contribution in [-0.2, 0) is 24.8 Å². The third kappa shape index (κ3) is 5.52. The number of aromatic nitrogens is 5. The van der Waals surface area contributed by atoms with Crippen molar-refractivity contribution in [3.8, 4) is 5.69 Å². The Kier molecular flexibility index (Phi) is 7.28. The molecule has 0 N–H and O–H groups in total. The van der Waals surface area contributed by atoms with Crippen molar-refractivity contribution < 1.29 is 9.53 Å². The number of ether oxygens (including phenoxy) is 1. The van der Waals surface area contributed by atoms with E-state index in [0.29, 0.717) is 24.4 Å². The van der Waals surface area contributed by atoms with Crippen molar-refractivity contribution in [3.63, 3.8) is 0 Å². The Morgan fingerprint density at radius 2 is 1.71 bits per heavy atom. The molecule has 0 bridgehead atoms. The highest BCUT2D eigenvalue weighted by Gasteiger charge is 2.30. The van der Waals surface area contributed by atoms with Gasteiger partial charge in [0.15, 0.2) is 5.65 Å². The van der Waals surface area contributed by atoms with Gasteiger partial charge in [-0.1, -0.05) is 42.5 Å². The van der Waals surface area contributed by atoms with E-state index < -0.39 is 5.60 Å². The Morgan fingerprint density at radius 3 is 2.45 bits per heavy atom. The first kappa shape index (κ1) is 27.7. The van der Waals surface area contributed by atoms with E-state index in [1.54, 1.807) is 21.5 Å². The number of hydrogen-bond acceptors (Lipinski definition) is 6. The number of benzene rings is 2. The van der Waals surface area contributed by atoms with Gasteiger partial charge in [-0.3, -0.25) is 14.0 Å². The third-order valence-electron chi connectivity index (χ3n) is 7.75. The number of pyridine rings is 1. The molecule has 0 aliphatic carbocycles. The molecule has 1 atom stereocenters. The molecule has 3 aromatic heterocycles. The van der Waals surface area contributed by atoms with E-state index in [4.69, 9.17) is 4.74 Å². The number of esters is 1. The van der Waals surface area contributed by atoms with Crippen molar-refractivity contribution in [1.82, 2.24) is 28.6 Å². The molecule has 1 aliphatic rings. The van der Waals surface area contributed by atoms with Gasteiger partial charge in [-0.25, -0.2) is 19.6 Å². The van der Waals surface area contributed by atoms with E-state index >= 15 is 0 Å². The number of carbonyl (C=O) groups is 1. The summed E-state index contributed by atoms with van der Waals surface area (Å²) in [5.41, 5.74) is 4.51. The lowest BCUT2D eigenvalue weighted by molar-refractivity contribution is 0.00584. The number of imidazole rings is 2. The van der Waals surface area contributed by atoms with Crippen LogP contribution in [0.5, 0.6) is 0 Å². The normalized spacial score (nSPS) is 15.9. The molecule has 0 amide bonds. The van der Waals surface area contributed by atoms with Crippen molar-refractivity contribution >= 4 is 17.1 Å². The van der Waals surface area contributed by atoms with Crippen molar-refractivity contribution in [2.75, 3.05) is 13.1 Å². The summed E-state index contributed by atoms with van der Waals surface area (Å²) >= 11 is 0. The smallest absolute Gasteiger partial charge is 0.357 e. The van der Waals surface area contributed by atoms with Crippen LogP contribution in [-0.4, -0.2) is 53.2 Å². The Balaban J connectivity index is 1.22. The lowest BCUT2D eigenvalue weighted by Crippen LogP contribution is -2.29. The number of hydrogen-bond donors (Lipinski definition) is 0. The van der Waals surface area contributed by atoms with Crippen LogP contribution >= 0.6 is 0 Å². The van der Waals surface area contributed by atoms with Crippen molar-refractivity contribution in [2.24, 2.45) is 7.05 Å². The van der Waals surface area contributed by atoms with Crippen molar-refractivity contribution in [2.45, 2.75) is 51.8 Å². The first-order chi connectivity index (χ1) is 20.2. The zero-order valence-corrected chi connectivity index (χ0v) is 24.5. The van der Waals surface area contributed by atoms with Gasteiger partial charge in [0.1, 0.15) is 17.1 Å². The number of nitrogens with zero attached hydrogens (tertiary/aromatic N) is 6. The predicted molar refractivity (Wildman–Crippen MR) is 162 cm³/mol. The average molecular weight is 565 g/mol. The number of likely N-dealkylation sites (tertiary alicyclic amines) is 1. The van der Waals surface area contributed by atoms with Crippen LogP contribution in [0, 0.1) is 0 Å². The molecular weight excluding hydrogens is 528 g/mol. The summed E-state index contributed by atoms with van der Waals surface area (Å²) in [6.45, 7) is 7.60. The SMILES string of the molecule is Cn1c(C(=O)OC(C)(C)C)cnc1CN1CCC(n2c(=O)n(-c3ccc(Cc4ccccc4)cc3)c3cccnc32)C1. The first-order valence-corrected chi connectivity index (χ1v) is 14.4. The van der Waals surface area contributed by atoms with Gasteiger partial charge < -0.3 is 9.30 Å². The summed E-state index contributed by atoms with van der Waals surface area (Å²) in [5.74, 6) is 0.390. The van der Waals surface area contributed by atoms with Gasteiger partial charge in [-0.05, 0) is 69.0 Å². The van der Waals surface area contributed by atoms with E-state index in [1.165, 1.54) is 11.1 Å². The summed E-state index contributed by atoms with van der Waals surface area (Å²) < 4.78 is 10.9. The van der Waals surface area contributed by atoms with Crippen molar-refractivity contribution in [1.29, 1.82) is 0 Å². The van der Waals surface area contributed by atoms with E-state index in [2.05, 4.69) is 39.1 Å². The molecule has 216 valence electrons. The highest BCUT2D eigenvalue weighted by Crippen LogP contribution is 2.27. The molecule has 4 heterocycles. The van der Waals surface area contributed by atoms with Crippen LogP contribution in [0.4, 0.5) is 0 Å². The molecule has 1 fully saturated rings. The Bertz CT molecular complexity index is 1780. The highest BCUT2D eigenvalue weighted by molar-refractivity contribution is 5.87. The lowest BCUT2D eigenvalue weighted by Gasteiger charge is -2.20. The highest BCUT2D eigenvalue weighted by atomic mass is 16.6. The second kappa shape index (κ2) is 11.1. The quantitative estimate of drug-likeness (QED) is 0.261. The van der Waals surface area contributed by atoms with Crippen LogP contribution in [0.3, 0.4) is 0 Å². The van der Waals surface area contributed by atoms with Crippen LogP contribution in [0.2, 0.25) is 0 Å². The molecular formula is C33H36N6O3. The van der Waals surface area contributed by atoms with E-state index in [-0.39, 0.29) is 17.7 Å². The molecule has 9 heteroatoms. The van der Waals surface area contributed by atoms with Crippen LogP contribution in [0.15, 0.2) is 83.9 Å². The minimum absolute atomic E-state index is 0.0286. The number of fused-ring (bicyclic) bond motifs is 1. The standard InChI is InChI=1S/C33H36N6O3/c1-33(2,3)42-31(40)28-20-35-29(36(28)4)22-37-18-16-26(21-37)39-30-27(11-8-17-34-30)38(32(39)41)25-14-12-24(13-15-25)19-23-9-6-5-7-10-23/h5-15,17,20,26H,16,18-19,21-22H2,1-4H3. The maximum atomic E-state index is 14.0. The fraction of sp³-hybridized carbons (Fsp3) is 0.333. The minimum atomic E-state index is -0.575. The number of rotatable bonds is 7. The van der Waals surface area contributed by atoms with Gasteiger partial charge in [-0.15, -0.1) is 0 Å². The zero-order valence-electron chi connectivity index (χ0n) is 24.5. The summed E-state index contributed by atoms with van der Waals surface area (Å²) in [7, 11) is 1.84.